The first-order valence-corrected chi connectivity index (χ1v) is 8.66. The molecule has 0 heterocycles. The fourth-order valence-electron chi connectivity index (χ4n) is 6.16. The Kier molecular flexibility index (Phi) is 2.87. The zero-order chi connectivity index (χ0) is 15.7. The predicted octanol–water partition coefficient (Wildman–Crippen LogP) is 3.27. The first kappa shape index (κ1) is 14.3. The standard InChI is InChI=1S/C19H24O3/c1-18-8-7-12(20)9-11(18)3-4-13-14-5-6-16(22)19(14,2)10-15(21)17(13)18/h9,13-14,17H,3-8,10H2,1-2H3/t13?,14?,17?,18-,19?/m0/s1. The molecule has 0 radical (unpaired) electrons. The van der Waals surface area contributed by atoms with Gasteiger partial charge in [-0.1, -0.05) is 19.4 Å². The monoisotopic (exact) mass is 300 g/mol. The third-order valence-corrected chi connectivity index (χ3v) is 7.36. The molecule has 0 spiro atoms. The van der Waals surface area contributed by atoms with Gasteiger partial charge in [0, 0.05) is 30.6 Å². The molecule has 4 aliphatic rings. The number of Topliss-reactive ketones (excluding diaryl/α,β-unsaturated/α-hetero) is 2. The van der Waals surface area contributed by atoms with Gasteiger partial charge in [0.15, 0.2) is 5.78 Å². The van der Waals surface area contributed by atoms with Crippen molar-refractivity contribution in [3.63, 3.8) is 0 Å². The summed E-state index contributed by atoms with van der Waals surface area (Å²) in [6, 6.07) is 0. The van der Waals surface area contributed by atoms with Crippen LogP contribution in [0.25, 0.3) is 0 Å². The van der Waals surface area contributed by atoms with Crippen LogP contribution in [0.15, 0.2) is 11.6 Å². The highest BCUT2D eigenvalue weighted by molar-refractivity contribution is 5.96. The van der Waals surface area contributed by atoms with Crippen LogP contribution in [0.2, 0.25) is 0 Å². The van der Waals surface area contributed by atoms with E-state index in [0.717, 1.165) is 25.7 Å². The van der Waals surface area contributed by atoms with Crippen molar-refractivity contribution in [3.8, 4) is 0 Å². The summed E-state index contributed by atoms with van der Waals surface area (Å²) in [4.78, 5) is 37.1. The predicted molar refractivity (Wildman–Crippen MR) is 82.1 cm³/mol. The molecule has 0 amide bonds. The second-order valence-electron chi connectivity index (χ2n) is 8.36. The van der Waals surface area contributed by atoms with Gasteiger partial charge in [-0.05, 0) is 49.0 Å². The summed E-state index contributed by atoms with van der Waals surface area (Å²) in [5, 5.41) is 0. The van der Waals surface area contributed by atoms with E-state index in [1.165, 1.54) is 5.57 Å². The molecule has 118 valence electrons. The van der Waals surface area contributed by atoms with Gasteiger partial charge >= 0.3 is 0 Å². The van der Waals surface area contributed by atoms with Crippen molar-refractivity contribution in [2.45, 2.75) is 58.8 Å². The van der Waals surface area contributed by atoms with Crippen molar-refractivity contribution in [1.29, 1.82) is 0 Å². The number of ketones is 3. The maximum Gasteiger partial charge on any atom is 0.155 e. The summed E-state index contributed by atoms with van der Waals surface area (Å²) in [7, 11) is 0. The van der Waals surface area contributed by atoms with Crippen LogP contribution in [0.5, 0.6) is 0 Å². The minimum absolute atomic E-state index is 0.0320. The lowest BCUT2D eigenvalue weighted by Crippen LogP contribution is -2.55. The molecule has 0 aromatic carbocycles. The van der Waals surface area contributed by atoms with Crippen LogP contribution in [0.4, 0.5) is 0 Å². The molecule has 0 aromatic heterocycles. The van der Waals surface area contributed by atoms with Gasteiger partial charge < -0.3 is 0 Å². The molecule has 0 N–H and O–H groups in total. The Morgan fingerprint density at radius 2 is 1.77 bits per heavy atom. The molecule has 0 aromatic rings. The van der Waals surface area contributed by atoms with E-state index in [0.29, 0.717) is 36.9 Å². The molecule has 0 bridgehead atoms. The van der Waals surface area contributed by atoms with Crippen LogP contribution >= 0.6 is 0 Å². The molecule has 3 heteroatoms. The molecule has 0 aliphatic heterocycles. The summed E-state index contributed by atoms with van der Waals surface area (Å²) in [6.07, 6.45) is 7.12. The van der Waals surface area contributed by atoms with E-state index in [4.69, 9.17) is 0 Å². The third kappa shape index (κ3) is 1.65. The quantitative estimate of drug-likeness (QED) is 0.690. The molecule has 4 rings (SSSR count). The van der Waals surface area contributed by atoms with Crippen LogP contribution in [0.3, 0.4) is 0 Å². The summed E-state index contributed by atoms with van der Waals surface area (Å²) in [5.74, 6) is 1.54. The van der Waals surface area contributed by atoms with E-state index in [1.807, 2.05) is 13.0 Å². The third-order valence-electron chi connectivity index (χ3n) is 7.36. The highest BCUT2D eigenvalue weighted by Gasteiger charge is 2.62. The van der Waals surface area contributed by atoms with Gasteiger partial charge in [-0.3, -0.25) is 14.4 Å². The maximum absolute atomic E-state index is 13.0. The van der Waals surface area contributed by atoms with Gasteiger partial charge in [-0.2, -0.15) is 0 Å². The molecular formula is C19H24O3. The Morgan fingerprint density at radius 3 is 2.55 bits per heavy atom. The molecule has 3 saturated carbocycles. The number of hydrogen-bond donors (Lipinski definition) is 0. The Labute approximate surface area is 131 Å². The normalized spacial score (nSPS) is 47.6. The molecule has 4 aliphatic carbocycles. The number of allylic oxidation sites excluding steroid dienone is 1. The van der Waals surface area contributed by atoms with E-state index in [9.17, 15) is 14.4 Å². The summed E-state index contributed by atoms with van der Waals surface area (Å²) >= 11 is 0. The van der Waals surface area contributed by atoms with E-state index in [2.05, 4.69) is 6.92 Å². The molecule has 3 nitrogen and oxygen atoms in total. The summed E-state index contributed by atoms with van der Waals surface area (Å²) in [5.41, 5.74) is 0.660. The molecule has 3 fully saturated rings. The zero-order valence-electron chi connectivity index (χ0n) is 13.5. The highest BCUT2D eigenvalue weighted by Crippen LogP contribution is 2.63. The van der Waals surface area contributed by atoms with E-state index in [-0.39, 0.29) is 22.9 Å². The lowest BCUT2D eigenvalue weighted by atomic mass is 9.47. The molecular weight excluding hydrogens is 276 g/mol. The number of rotatable bonds is 0. The minimum atomic E-state index is -0.402. The molecule has 0 saturated heterocycles. The average Bonchev–Trinajstić information content (AvgIpc) is 2.75. The lowest BCUT2D eigenvalue weighted by molar-refractivity contribution is -0.149. The second kappa shape index (κ2) is 4.39. The van der Waals surface area contributed by atoms with Crippen molar-refractivity contribution in [2.24, 2.45) is 28.6 Å². The van der Waals surface area contributed by atoms with Crippen molar-refractivity contribution >= 4 is 17.3 Å². The van der Waals surface area contributed by atoms with Gasteiger partial charge in [0.2, 0.25) is 0 Å². The van der Waals surface area contributed by atoms with Crippen molar-refractivity contribution < 1.29 is 14.4 Å². The molecule has 22 heavy (non-hydrogen) atoms. The van der Waals surface area contributed by atoms with Gasteiger partial charge in [0.05, 0.1) is 0 Å². The van der Waals surface area contributed by atoms with Crippen LogP contribution in [-0.4, -0.2) is 17.3 Å². The van der Waals surface area contributed by atoms with Gasteiger partial charge in [0.25, 0.3) is 0 Å². The fourth-order valence-corrected chi connectivity index (χ4v) is 6.16. The van der Waals surface area contributed by atoms with E-state index >= 15 is 0 Å². The fraction of sp³-hybridized carbons (Fsp3) is 0.737. The van der Waals surface area contributed by atoms with Crippen molar-refractivity contribution in [1.82, 2.24) is 0 Å². The van der Waals surface area contributed by atoms with E-state index < -0.39 is 5.41 Å². The zero-order valence-corrected chi connectivity index (χ0v) is 13.5. The first-order valence-electron chi connectivity index (χ1n) is 8.66. The molecule has 5 atom stereocenters. The van der Waals surface area contributed by atoms with Crippen LogP contribution < -0.4 is 0 Å². The van der Waals surface area contributed by atoms with Crippen LogP contribution in [-0.2, 0) is 14.4 Å². The number of carbonyl (C=O) groups is 3. The Balaban J connectivity index is 1.77. The first-order chi connectivity index (χ1) is 10.4. The maximum atomic E-state index is 13.0. The second-order valence-corrected chi connectivity index (χ2v) is 8.36. The Morgan fingerprint density at radius 1 is 1.00 bits per heavy atom. The summed E-state index contributed by atoms with van der Waals surface area (Å²) in [6.45, 7) is 4.22. The van der Waals surface area contributed by atoms with Crippen molar-refractivity contribution in [3.05, 3.63) is 11.6 Å². The molecule has 4 unspecified atom stereocenters. The Bertz CT molecular complexity index is 616. The number of hydrogen-bond acceptors (Lipinski definition) is 3. The highest BCUT2D eigenvalue weighted by atomic mass is 16.1. The summed E-state index contributed by atoms with van der Waals surface area (Å²) < 4.78 is 0. The van der Waals surface area contributed by atoms with Gasteiger partial charge in [-0.25, -0.2) is 0 Å². The topological polar surface area (TPSA) is 51.2 Å². The lowest BCUT2D eigenvalue weighted by Gasteiger charge is -2.55. The smallest absolute Gasteiger partial charge is 0.155 e. The van der Waals surface area contributed by atoms with Gasteiger partial charge in [-0.15, -0.1) is 0 Å². The van der Waals surface area contributed by atoms with Crippen LogP contribution in [0.1, 0.15) is 58.8 Å². The largest absolute Gasteiger partial charge is 0.299 e. The number of carbonyl (C=O) groups excluding carboxylic acids is 3. The number of fused-ring (bicyclic) bond motifs is 5. The minimum Gasteiger partial charge on any atom is -0.299 e. The van der Waals surface area contributed by atoms with Crippen LogP contribution in [0, 0.1) is 28.6 Å². The Hall–Kier alpha value is -1.25. The van der Waals surface area contributed by atoms with Gasteiger partial charge in [0.1, 0.15) is 11.6 Å². The average molecular weight is 300 g/mol. The SMILES string of the molecule is CC12CC(=O)C3C(CCC4=CC(=O)CC[C@@]43C)C1CCC2=O. The van der Waals surface area contributed by atoms with E-state index in [1.54, 1.807) is 0 Å². The van der Waals surface area contributed by atoms with Crippen molar-refractivity contribution in [2.75, 3.05) is 0 Å².